The lowest BCUT2D eigenvalue weighted by Crippen LogP contribution is -2.30. The number of nitrogens with zero attached hydrogens (tertiary/aromatic N) is 2. The first kappa shape index (κ1) is 13.0. The summed E-state index contributed by atoms with van der Waals surface area (Å²) in [6.45, 7) is 6.24. The fraction of sp³-hybridized carbons (Fsp3) is 0.571. The number of allylic oxidation sites excluding steroid dienone is 1. The van der Waals surface area contributed by atoms with Gasteiger partial charge in [-0.2, -0.15) is 0 Å². The zero-order valence-corrected chi connectivity index (χ0v) is 11.2. The van der Waals surface area contributed by atoms with Crippen LogP contribution < -0.4 is 10.6 Å². The fourth-order valence-corrected chi connectivity index (χ4v) is 2.01. The molecule has 0 spiro atoms. The summed E-state index contributed by atoms with van der Waals surface area (Å²) in [5.41, 5.74) is 2.32. The number of aromatic nitrogens is 2. The Morgan fingerprint density at radius 2 is 2.22 bits per heavy atom. The van der Waals surface area contributed by atoms with Crippen LogP contribution in [0.2, 0.25) is 0 Å². The van der Waals surface area contributed by atoms with Crippen molar-refractivity contribution in [3.05, 3.63) is 23.7 Å². The van der Waals surface area contributed by atoms with Crippen molar-refractivity contribution < 1.29 is 0 Å². The van der Waals surface area contributed by atoms with Gasteiger partial charge in [0.05, 0.1) is 5.69 Å². The van der Waals surface area contributed by atoms with E-state index in [2.05, 4.69) is 46.6 Å². The molecule has 0 saturated heterocycles. The minimum Gasteiger partial charge on any atom is -0.368 e. The molecule has 0 bridgehead atoms. The summed E-state index contributed by atoms with van der Waals surface area (Å²) in [5.74, 6) is 0.960. The van der Waals surface area contributed by atoms with Crippen LogP contribution in [0.3, 0.4) is 0 Å². The second kappa shape index (κ2) is 6.50. The molecule has 1 atom stereocenters. The molecular formula is C14H22N4. The molecule has 1 aliphatic rings. The van der Waals surface area contributed by atoms with Gasteiger partial charge >= 0.3 is 0 Å². The van der Waals surface area contributed by atoms with E-state index in [1.165, 1.54) is 0 Å². The molecule has 2 N–H and O–H groups in total. The highest BCUT2D eigenvalue weighted by molar-refractivity contribution is 5.66. The summed E-state index contributed by atoms with van der Waals surface area (Å²) in [5, 5.41) is 6.85. The van der Waals surface area contributed by atoms with Crippen LogP contribution >= 0.6 is 0 Å². The molecule has 1 aromatic heterocycles. The lowest BCUT2D eigenvalue weighted by atomic mass is 10.0. The van der Waals surface area contributed by atoms with Gasteiger partial charge < -0.3 is 10.6 Å². The Bertz CT molecular complexity index is 414. The molecule has 0 radical (unpaired) electrons. The highest BCUT2D eigenvalue weighted by Gasteiger charge is 2.10. The van der Waals surface area contributed by atoms with Gasteiger partial charge in [-0.05, 0) is 26.2 Å². The van der Waals surface area contributed by atoms with E-state index in [4.69, 9.17) is 0 Å². The van der Waals surface area contributed by atoms with Crippen LogP contribution in [0.15, 0.2) is 12.4 Å². The zero-order chi connectivity index (χ0) is 12.8. The van der Waals surface area contributed by atoms with Crippen LogP contribution in [-0.4, -0.2) is 29.1 Å². The fourth-order valence-electron chi connectivity index (χ4n) is 2.01. The third kappa shape index (κ3) is 3.29. The van der Waals surface area contributed by atoms with Gasteiger partial charge in [0.1, 0.15) is 12.1 Å². The predicted octanol–water partition coefficient (Wildman–Crippen LogP) is 2.24. The number of aryl methyl sites for hydroxylation is 1. The quantitative estimate of drug-likeness (QED) is 0.756. The SMILES string of the molecule is CC[C@@H](C)NCCNc1ncnc2c1C=CCC2. The molecule has 0 unspecified atom stereocenters. The van der Waals surface area contributed by atoms with Gasteiger partial charge in [0, 0.05) is 24.7 Å². The van der Waals surface area contributed by atoms with Crippen molar-refractivity contribution in [1.82, 2.24) is 15.3 Å². The molecular weight excluding hydrogens is 224 g/mol. The number of fused-ring (bicyclic) bond motifs is 1. The molecule has 1 aliphatic carbocycles. The number of anilines is 1. The molecule has 2 rings (SSSR count). The van der Waals surface area contributed by atoms with Crippen LogP contribution in [0.1, 0.15) is 37.9 Å². The smallest absolute Gasteiger partial charge is 0.136 e. The van der Waals surface area contributed by atoms with Gasteiger partial charge in [0.2, 0.25) is 0 Å². The molecule has 0 fully saturated rings. The highest BCUT2D eigenvalue weighted by atomic mass is 15.0. The van der Waals surface area contributed by atoms with Crippen molar-refractivity contribution in [2.24, 2.45) is 0 Å². The van der Waals surface area contributed by atoms with Crippen LogP contribution in [0, 0.1) is 0 Å². The van der Waals surface area contributed by atoms with Crippen LogP contribution in [0.4, 0.5) is 5.82 Å². The van der Waals surface area contributed by atoms with Crippen molar-refractivity contribution in [1.29, 1.82) is 0 Å². The monoisotopic (exact) mass is 246 g/mol. The summed E-state index contributed by atoms with van der Waals surface area (Å²) in [4.78, 5) is 8.66. The Balaban J connectivity index is 1.89. The third-order valence-corrected chi connectivity index (χ3v) is 3.32. The molecule has 0 saturated carbocycles. The Morgan fingerprint density at radius 3 is 3.06 bits per heavy atom. The first-order valence-corrected chi connectivity index (χ1v) is 6.79. The van der Waals surface area contributed by atoms with E-state index in [0.717, 1.165) is 49.4 Å². The molecule has 18 heavy (non-hydrogen) atoms. The summed E-state index contributed by atoms with van der Waals surface area (Å²) in [6.07, 6.45) is 9.23. The second-order valence-electron chi connectivity index (χ2n) is 4.71. The maximum absolute atomic E-state index is 4.33. The van der Waals surface area contributed by atoms with Gasteiger partial charge in [0.15, 0.2) is 0 Å². The summed E-state index contributed by atoms with van der Waals surface area (Å²) in [6, 6.07) is 0.575. The Labute approximate surface area is 109 Å². The summed E-state index contributed by atoms with van der Waals surface area (Å²) >= 11 is 0. The van der Waals surface area contributed by atoms with Crippen molar-refractivity contribution in [3.63, 3.8) is 0 Å². The van der Waals surface area contributed by atoms with Gasteiger partial charge in [-0.15, -0.1) is 0 Å². The maximum Gasteiger partial charge on any atom is 0.136 e. The summed E-state index contributed by atoms with van der Waals surface area (Å²) in [7, 11) is 0. The van der Waals surface area contributed by atoms with Crippen LogP contribution in [-0.2, 0) is 6.42 Å². The number of hydrogen-bond donors (Lipinski definition) is 2. The molecule has 4 heteroatoms. The van der Waals surface area contributed by atoms with Crippen molar-refractivity contribution >= 4 is 11.9 Å². The molecule has 98 valence electrons. The lowest BCUT2D eigenvalue weighted by molar-refractivity contribution is 0.546. The average Bonchev–Trinajstić information content (AvgIpc) is 2.43. The predicted molar refractivity (Wildman–Crippen MR) is 75.6 cm³/mol. The van der Waals surface area contributed by atoms with Gasteiger partial charge in [-0.3, -0.25) is 0 Å². The van der Waals surface area contributed by atoms with E-state index in [0.29, 0.717) is 6.04 Å². The molecule has 1 heterocycles. The van der Waals surface area contributed by atoms with E-state index in [1.807, 2.05) is 0 Å². The van der Waals surface area contributed by atoms with Crippen molar-refractivity contribution in [3.8, 4) is 0 Å². The third-order valence-electron chi connectivity index (χ3n) is 3.32. The van der Waals surface area contributed by atoms with Crippen LogP contribution in [0.25, 0.3) is 6.08 Å². The average molecular weight is 246 g/mol. The lowest BCUT2D eigenvalue weighted by Gasteiger charge is -2.15. The minimum absolute atomic E-state index is 0.575. The van der Waals surface area contributed by atoms with Crippen molar-refractivity contribution in [2.75, 3.05) is 18.4 Å². The zero-order valence-electron chi connectivity index (χ0n) is 11.2. The van der Waals surface area contributed by atoms with Crippen molar-refractivity contribution in [2.45, 2.75) is 39.2 Å². The topological polar surface area (TPSA) is 49.8 Å². The second-order valence-corrected chi connectivity index (χ2v) is 4.71. The Hall–Kier alpha value is -1.42. The Morgan fingerprint density at radius 1 is 1.33 bits per heavy atom. The first-order chi connectivity index (χ1) is 8.81. The number of nitrogens with one attached hydrogen (secondary N) is 2. The normalized spacial score (nSPS) is 15.2. The van der Waals surface area contributed by atoms with Gasteiger partial charge in [0.25, 0.3) is 0 Å². The molecule has 0 amide bonds. The largest absolute Gasteiger partial charge is 0.368 e. The van der Waals surface area contributed by atoms with E-state index in [-0.39, 0.29) is 0 Å². The standard InChI is InChI=1S/C14H22N4/c1-3-11(2)15-8-9-16-14-12-6-4-5-7-13(12)17-10-18-14/h4,6,10-11,15H,3,5,7-9H2,1-2H3,(H,16,17,18)/t11-/m1/s1. The minimum atomic E-state index is 0.575. The van der Waals surface area contributed by atoms with Gasteiger partial charge in [-0.1, -0.05) is 19.1 Å². The van der Waals surface area contributed by atoms with E-state index >= 15 is 0 Å². The van der Waals surface area contributed by atoms with Crippen LogP contribution in [0.5, 0.6) is 0 Å². The van der Waals surface area contributed by atoms with E-state index in [9.17, 15) is 0 Å². The molecule has 0 aromatic carbocycles. The molecule has 1 aromatic rings. The van der Waals surface area contributed by atoms with Gasteiger partial charge in [-0.25, -0.2) is 9.97 Å². The highest BCUT2D eigenvalue weighted by Crippen LogP contribution is 2.22. The van der Waals surface area contributed by atoms with E-state index < -0.39 is 0 Å². The Kier molecular flexibility index (Phi) is 4.70. The summed E-state index contributed by atoms with van der Waals surface area (Å²) < 4.78 is 0. The maximum atomic E-state index is 4.33. The van der Waals surface area contributed by atoms with E-state index in [1.54, 1.807) is 6.33 Å². The number of rotatable bonds is 6. The molecule has 4 nitrogen and oxygen atoms in total. The first-order valence-electron chi connectivity index (χ1n) is 6.79. The molecule has 0 aliphatic heterocycles. The number of hydrogen-bond acceptors (Lipinski definition) is 4.